The first-order valence-electron chi connectivity index (χ1n) is 8.84. The first-order valence-corrected chi connectivity index (χ1v) is 11.7. The molecule has 3 aromatic rings. The normalized spacial score (nSPS) is 10.5. The van der Waals surface area contributed by atoms with E-state index >= 15 is 0 Å². The average molecular weight is 440 g/mol. The van der Waals surface area contributed by atoms with E-state index in [1.54, 1.807) is 54.6 Å². The zero-order valence-corrected chi connectivity index (χ0v) is 17.2. The molecule has 0 unspecified atom stereocenters. The van der Waals surface area contributed by atoms with Crippen molar-refractivity contribution in [2.75, 3.05) is 0 Å². The Labute approximate surface area is 177 Å². The van der Waals surface area contributed by atoms with Crippen LogP contribution < -0.4 is 0 Å². The van der Waals surface area contributed by atoms with Gasteiger partial charge in [-0.05, 0) is 0 Å². The molecule has 0 N–H and O–H groups in total. The third-order valence-corrected chi connectivity index (χ3v) is 6.53. The van der Waals surface area contributed by atoms with Crippen molar-refractivity contribution in [1.82, 2.24) is 0 Å². The topological polar surface area (TPSA) is 96.0 Å². The molecule has 0 fully saturated rings. The maximum atomic E-state index is 12.5. The molecule has 0 saturated heterocycles. The van der Waals surface area contributed by atoms with E-state index in [0.29, 0.717) is 0 Å². The fraction of sp³-hybridized carbons (Fsp3) is 0. The Balaban J connectivity index is 1.91. The first kappa shape index (κ1) is 21.2. The fourth-order valence-electron chi connectivity index (χ4n) is 2.42. The third kappa shape index (κ3) is 5.28. The van der Waals surface area contributed by atoms with E-state index < -0.39 is 35.7 Å². The maximum absolute atomic E-state index is 12.5. The Kier molecular flexibility index (Phi) is 6.90. The van der Waals surface area contributed by atoms with E-state index in [0.717, 1.165) is 0 Å². The van der Waals surface area contributed by atoms with Crippen molar-refractivity contribution in [3.63, 3.8) is 0 Å². The van der Waals surface area contributed by atoms with Crippen molar-refractivity contribution >= 4 is 22.5 Å². The molecule has 3 rings (SSSR count). The second-order valence-electron chi connectivity index (χ2n) is 5.99. The van der Waals surface area contributed by atoms with E-state index in [-0.39, 0.29) is 21.3 Å². The number of carbonyl (C=O) groups is 4. The summed E-state index contributed by atoms with van der Waals surface area (Å²) in [5.41, 5.74) is 0.336. The summed E-state index contributed by atoms with van der Waals surface area (Å²) in [5.74, 6) is -2.82. The van der Waals surface area contributed by atoms with Crippen LogP contribution in [-0.4, -0.2) is 22.5 Å². The molecule has 0 aliphatic rings. The van der Waals surface area contributed by atoms with Gasteiger partial charge in [0.25, 0.3) is 0 Å². The fourth-order valence-corrected chi connectivity index (χ4v) is 4.61. The Bertz CT molecular complexity index is 907. The molecule has 150 valence electrons. The van der Waals surface area contributed by atoms with Crippen LogP contribution >= 0.6 is 0 Å². The molecule has 0 bridgehead atoms. The van der Waals surface area contributed by atoms with Crippen LogP contribution in [0.1, 0.15) is 31.1 Å². The van der Waals surface area contributed by atoms with Gasteiger partial charge >= 0.3 is 177 Å². The Hall–Kier alpha value is -3.55. The number of hydrogen-bond donors (Lipinski definition) is 0. The molecule has 0 aliphatic heterocycles. The van der Waals surface area contributed by atoms with Crippen molar-refractivity contribution in [2.45, 2.75) is 0 Å². The van der Waals surface area contributed by atoms with Gasteiger partial charge in [0.2, 0.25) is 0 Å². The van der Waals surface area contributed by atoms with E-state index in [9.17, 15) is 19.2 Å². The van der Waals surface area contributed by atoms with E-state index in [1.807, 2.05) is 0 Å². The van der Waals surface area contributed by atoms with Crippen molar-refractivity contribution < 1.29 is 46.9 Å². The van der Waals surface area contributed by atoms with E-state index in [2.05, 4.69) is 0 Å². The predicted octanol–water partition coefficient (Wildman–Crippen LogP) is 3.65. The molecule has 0 spiro atoms. The zero-order valence-electron chi connectivity index (χ0n) is 15.6. The van der Waals surface area contributed by atoms with Crippen LogP contribution in [0, 0.1) is 0 Å². The van der Waals surface area contributed by atoms with Crippen LogP contribution in [-0.2, 0) is 32.5 Å². The summed E-state index contributed by atoms with van der Waals surface area (Å²) in [5, 5.41) is 0. The van der Waals surface area contributed by atoms with Gasteiger partial charge in [-0.2, -0.15) is 0 Å². The van der Waals surface area contributed by atoms with Crippen LogP contribution in [0.2, 0.25) is 0 Å². The molecule has 0 amide bonds. The second-order valence-corrected chi connectivity index (χ2v) is 9.20. The van der Waals surface area contributed by atoms with Gasteiger partial charge in [0, 0.05) is 0 Å². The monoisotopic (exact) mass is 440 g/mol. The van der Waals surface area contributed by atoms with Gasteiger partial charge in [-0.1, -0.05) is 0 Å². The molecule has 0 aromatic heterocycles. The molecular formula is C22H16O7Ti. The van der Waals surface area contributed by atoms with Gasteiger partial charge in [-0.15, -0.1) is 0 Å². The second kappa shape index (κ2) is 9.78. The summed E-state index contributed by atoms with van der Waals surface area (Å²) in [6.45, 7) is 0. The zero-order chi connectivity index (χ0) is 21.4. The minimum atomic E-state index is -5.38. The minimum absolute atomic E-state index is 0.112. The summed E-state index contributed by atoms with van der Waals surface area (Å²) in [6.07, 6.45) is 0. The number of rotatable bonds is 7. The molecule has 3 aromatic carbocycles. The Morgan fingerprint density at radius 3 is 1.03 bits per heavy atom. The molecule has 0 saturated carbocycles. The van der Waals surface area contributed by atoms with Crippen LogP contribution in [0.5, 0.6) is 0 Å². The first-order chi connectivity index (χ1) is 14.5. The Morgan fingerprint density at radius 1 is 0.533 bits per heavy atom. The summed E-state index contributed by atoms with van der Waals surface area (Å²) in [6, 6.07) is 23.4. The average Bonchev–Trinajstić information content (AvgIpc) is 2.80. The standard InChI is InChI=1S/3C7H6O2.CHO.Ti/c3*8-7(9)6-4-2-1-3-5-6;1-2;/h3*1-5H,(H,8,9);1H;/q;;;;+3/p-3. The molecule has 0 atom stereocenters. The van der Waals surface area contributed by atoms with Crippen LogP contribution in [0.25, 0.3) is 0 Å². The molecular weight excluding hydrogens is 424 g/mol. The van der Waals surface area contributed by atoms with Gasteiger partial charge in [0.15, 0.2) is 0 Å². The van der Waals surface area contributed by atoms with Crippen molar-refractivity contribution in [2.24, 2.45) is 0 Å². The van der Waals surface area contributed by atoms with E-state index in [4.69, 9.17) is 9.96 Å². The number of hydrogen-bond acceptors (Lipinski definition) is 7. The van der Waals surface area contributed by atoms with Gasteiger partial charge in [0.1, 0.15) is 0 Å². The van der Waals surface area contributed by atoms with Gasteiger partial charge < -0.3 is 0 Å². The summed E-state index contributed by atoms with van der Waals surface area (Å²) in [4.78, 5) is 49.6. The van der Waals surface area contributed by atoms with Gasteiger partial charge in [-0.25, -0.2) is 0 Å². The van der Waals surface area contributed by atoms with Crippen molar-refractivity contribution in [3.8, 4) is 0 Å². The Morgan fingerprint density at radius 2 is 0.800 bits per heavy atom. The van der Waals surface area contributed by atoms with Gasteiger partial charge in [-0.3, -0.25) is 0 Å². The molecule has 8 heteroatoms. The molecule has 0 aliphatic carbocycles. The van der Waals surface area contributed by atoms with Gasteiger partial charge in [0.05, 0.1) is 0 Å². The molecule has 30 heavy (non-hydrogen) atoms. The van der Waals surface area contributed by atoms with Crippen LogP contribution in [0.4, 0.5) is 0 Å². The van der Waals surface area contributed by atoms with Crippen LogP contribution in [0.15, 0.2) is 91.0 Å². The SMILES string of the molecule is O=[CH][Ti]([O]C(=O)c1ccccc1)([O]C(=O)c1ccccc1)[O]C(=O)c1ccccc1. The van der Waals surface area contributed by atoms with Crippen molar-refractivity contribution in [3.05, 3.63) is 108 Å². The van der Waals surface area contributed by atoms with Crippen LogP contribution in [0.3, 0.4) is 0 Å². The van der Waals surface area contributed by atoms with E-state index in [1.165, 1.54) is 36.4 Å². The number of carbonyl (C=O) groups excluding carboxylic acids is 4. The molecule has 7 nitrogen and oxygen atoms in total. The molecule has 0 heterocycles. The summed E-state index contributed by atoms with van der Waals surface area (Å²) >= 11 is -5.38. The quantitative estimate of drug-likeness (QED) is 0.409. The predicted molar refractivity (Wildman–Crippen MR) is 102 cm³/mol. The number of benzene rings is 3. The summed E-state index contributed by atoms with van der Waals surface area (Å²) < 4.78 is 15.9. The van der Waals surface area contributed by atoms with Crippen molar-refractivity contribution in [1.29, 1.82) is 0 Å². The third-order valence-electron chi connectivity index (χ3n) is 3.88. The molecule has 0 radical (unpaired) electrons. The summed E-state index contributed by atoms with van der Waals surface area (Å²) in [7, 11) is 0.